The van der Waals surface area contributed by atoms with E-state index in [-0.39, 0.29) is 33.2 Å². The minimum absolute atomic E-state index is 0.000199. The molecule has 0 fully saturated rings. The highest BCUT2D eigenvalue weighted by molar-refractivity contribution is 7.92. The van der Waals surface area contributed by atoms with Gasteiger partial charge in [-0.25, -0.2) is 18.4 Å². The van der Waals surface area contributed by atoms with Crippen molar-refractivity contribution in [3.05, 3.63) is 64.3 Å². The highest BCUT2D eigenvalue weighted by Gasteiger charge is 2.22. The van der Waals surface area contributed by atoms with Gasteiger partial charge in [-0.05, 0) is 38.4 Å². The van der Waals surface area contributed by atoms with Gasteiger partial charge in [0.05, 0.1) is 16.6 Å². The number of ether oxygens (including phenoxy) is 1. The summed E-state index contributed by atoms with van der Waals surface area (Å²) < 4.78 is 39.0. The average molecular weight is 457 g/mol. The third-order valence-electron chi connectivity index (χ3n) is 3.64. The van der Waals surface area contributed by atoms with Gasteiger partial charge in [-0.15, -0.1) is 0 Å². The molecule has 0 amide bonds. The van der Waals surface area contributed by atoms with Crippen LogP contribution in [0, 0.1) is 0 Å². The number of halogens is 2. The molecule has 0 saturated heterocycles. The first-order chi connectivity index (χ1) is 13.8. The molecule has 0 spiro atoms. The summed E-state index contributed by atoms with van der Waals surface area (Å²) in [4.78, 5) is 9.85. The molecule has 154 valence electrons. The van der Waals surface area contributed by atoms with Crippen LogP contribution in [0.5, 0.6) is 5.88 Å². The van der Waals surface area contributed by atoms with E-state index in [0.717, 1.165) is 5.76 Å². The van der Waals surface area contributed by atoms with E-state index in [1.54, 1.807) is 6.07 Å². The third kappa shape index (κ3) is 5.39. The smallest absolute Gasteiger partial charge is 0.264 e. The monoisotopic (exact) mass is 456 g/mol. The minimum Gasteiger partial charge on any atom is -0.467 e. The zero-order valence-corrected chi connectivity index (χ0v) is 17.9. The standard InChI is InChI=1S/C18H18Cl2N4O4S/c1-24(2)10-12-6-7-13(28-12)11-27-18-17(21-8-9-22-18)23-29(25,26)15-5-3-4-14(19)16(15)20/h3-9H,10-11H2,1-2H3,(H,21,23). The van der Waals surface area contributed by atoms with Gasteiger partial charge in [0.1, 0.15) is 23.0 Å². The Morgan fingerprint density at radius 3 is 2.59 bits per heavy atom. The lowest BCUT2D eigenvalue weighted by molar-refractivity contribution is 0.250. The molecule has 0 aliphatic rings. The van der Waals surface area contributed by atoms with Crippen LogP contribution in [-0.4, -0.2) is 37.4 Å². The lowest BCUT2D eigenvalue weighted by Gasteiger charge is -2.12. The first-order valence-corrected chi connectivity index (χ1v) is 10.6. The molecule has 0 bridgehead atoms. The molecule has 2 aromatic heterocycles. The second kappa shape index (κ2) is 9.00. The predicted octanol–water partition coefficient (Wildman–Crippen LogP) is 3.82. The Morgan fingerprint density at radius 1 is 1.10 bits per heavy atom. The van der Waals surface area contributed by atoms with Gasteiger partial charge in [0.15, 0.2) is 0 Å². The molecular weight excluding hydrogens is 439 g/mol. The maximum atomic E-state index is 12.7. The quantitative estimate of drug-likeness (QED) is 0.549. The first kappa shape index (κ1) is 21.4. The van der Waals surface area contributed by atoms with Crippen LogP contribution in [0.2, 0.25) is 10.0 Å². The van der Waals surface area contributed by atoms with Gasteiger partial charge in [-0.2, -0.15) is 0 Å². The number of nitrogens with zero attached hydrogens (tertiary/aromatic N) is 3. The van der Waals surface area contributed by atoms with Gasteiger partial charge in [0.2, 0.25) is 5.82 Å². The van der Waals surface area contributed by atoms with Crippen molar-refractivity contribution >= 4 is 39.0 Å². The Bertz CT molecular complexity index is 1100. The summed E-state index contributed by atoms with van der Waals surface area (Å²) in [5, 5.41) is 0.0357. The highest BCUT2D eigenvalue weighted by Crippen LogP contribution is 2.31. The zero-order chi connectivity index (χ0) is 21.0. The number of hydrogen-bond acceptors (Lipinski definition) is 7. The lowest BCUT2D eigenvalue weighted by Crippen LogP contribution is -2.16. The summed E-state index contributed by atoms with van der Waals surface area (Å²) in [7, 11) is -0.192. The van der Waals surface area contributed by atoms with E-state index in [4.69, 9.17) is 32.4 Å². The Labute approximate surface area is 178 Å². The van der Waals surface area contributed by atoms with Crippen LogP contribution < -0.4 is 9.46 Å². The van der Waals surface area contributed by atoms with E-state index in [2.05, 4.69) is 14.7 Å². The lowest BCUT2D eigenvalue weighted by atomic mass is 10.4. The number of sulfonamides is 1. The van der Waals surface area contributed by atoms with Gasteiger partial charge in [0, 0.05) is 12.4 Å². The van der Waals surface area contributed by atoms with Crippen molar-refractivity contribution in [1.29, 1.82) is 0 Å². The number of anilines is 1. The molecule has 0 saturated carbocycles. The summed E-state index contributed by atoms with van der Waals surface area (Å²) in [6.45, 7) is 0.704. The van der Waals surface area contributed by atoms with Crippen molar-refractivity contribution in [3.63, 3.8) is 0 Å². The van der Waals surface area contributed by atoms with Crippen LogP contribution in [0.3, 0.4) is 0 Å². The fourth-order valence-electron chi connectivity index (χ4n) is 2.41. The highest BCUT2D eigenvalue weighted by atomic mass is 35.5. The SMILES string of the molecule is CN(C)Cc1ccc(COc2nccnc2NS(=O)(=O)c2cccc(Cl)c2Cl)o1. The summed E-state index contributed by atoms with van der Waals surface area (Å²) in [6.07, 6.45) is 2.73. The molecule has 3 aromatic rings. The van der Waals surface area contributed by atoms with Crippen molar-refractivity contribution in [1.82, 2.24) is 14.9 Å². The third-order valence-corrected chi connectivity index (χ3v) is 5.95. The summed E-state index contributed by atoms with van der Waals surface area (Å²) in [5.41, 5.74) is 0. The van der Waals surface area contributed by atoms with Crippen LogP contribution in [0.4, 0.5) is 5.82 Å². The largest absolute Gasteiger partial charge is 0.467 e. The Morgan fingerprint density at radius 2 is 1.83 bits per heavy atom. The van der Waals surface area contributed by atoms with E-state index < -0.39 is 10.0 Å². The zero-order valence-electron chi connectivity index (χ0n) is 15.6. The predicted molar refractivity (Wildman–Crippen MR) is 110 cm³/mol. The molecule has 2 heterocycles. The van der Waals surface area contributed by atoms with Crippen molar-refractivity contribution < 1.29 is 17.6 Å². The van der Waals surface area contributed by atoms with Gasteiger partial charge in [-0.1, -0.05) is 29.3 Å². The molecule has 0 aliphatic heterocycles. The van der Waals surface area contributed by atoms with Crippen LogP contribution in [-0.2, 0) is 23.2 Å². The molecule has 1 N–H and O–H groups in total. The van der Waals surface area contributed by atoms with Gasteiger partial charge in [-0.3, -0.25) is 4.72 Å². The Hall–Kier alpha value is -2.33. The van der Waals surface area contributed by atoms with E-state index >= 15 is 0 Å². The van der Waals surface area contributed by atoms with E-state index in [1.807, 2.05) is 25.1 Å². The van der Waals surface area contributed by atoms with Crippen molar-refractivity contribution in [2.75, 3.05) is 18.8 Å². The van der Waals surface area contributed by atoms with E-state index in [1.165, 1.54) is 30.6 Å². The number of furan rings is 1. The van der Waals surface area contributed by atoms with Gasteiger partial charge in [0.25, 0.3) is 15.9 Å². The second-order valence-corrected chi connectivity index (χ2v) is 8.70. The molecule has 8 nitrogen and oxygen atoms in total. The molecule has 11 heteroatoms. The van der Waals surface area contributed by atoms with E-state index in [9.17, 15) is 8.42 Å². The molecular formula is C18H18Cl2N4O4S. The topological polar surface area (TPSA) is 97.6 Å². The molecule has 0 aliphatic carbocycles. The van der Waals surface area contributed by atoms with Crippen molar-refractivity contribution in [3.8, 4) is 5.88 Å². The van der Waals surface area contributed by atoms with Gasteiger partial charge < -0.3 is 14.1 Å². The van der Waals surface area contributed by atoms with Crippen LogP contribution in [0.15, 0.2) is 52.0 Å². The van der Waals surface area contributed by atoms with Crippen molar-refractivity contribution in [2.24, 2.45) is 0 Å². The molecule has 0 radical (unpaired) electrons. The number of aromatic nitrogens is 2. The number of benzene rings is 1. The first-order valence-electron chi connectivity index (χ1n) is 8.39. The molecule has 29 heavy (non-hydrogen) atoms. The van der Waals surface area contributed by atoms with Gasteiger partial charge >= 0.3 is 0 Å². The fraction of sp³-hybridized carbons (Fsp3) is 0.222. The average Bonchev–Trinajstić information content (AvgIpc) is 3.09. The number of nitrogens with one attached hydrogen (secondary N) is 1. The maximum Gasteiger partial charge on any atom is 0.264 e. The maximum absolute atomic E-state index is 12.7. The van der Waals surface area contributed by atoms with Crippen LogP contribution in [0.1, 0.15) is 11.5 Å². The molecule has 0 unspecified atom stereocenters. The Kier molecular flexibility index (Phi) is 6.63. The minimum atomic E-state index is -4.06. The normalized spacial score (nSPS) is 11.6. The summed E-state index contributed by atoms with van der Waals surface area (Å²) in [6, 6.07) is 7.94. The van der Waals surface area contributed by atoms with E-state index in [0.29, 0.717) is 12.3 Å². The molecule has 1 aromatic carbocycles. The molecule has 3 rings (SSSR count). The summed E-state index contributed by atoms with van der Waals surface area (Å²) in [5.74, 6) is 1.27. The Balaban J connectivity index is 1.77. The summed E-state index contributed by atoms with van der Waals surface area (Å²) >= 11 is 11.9. The second-order valence-electron chi connectivity index (χ2n) is 6.26. The van der Waals surface area contributed by atoms with Crippen molar-refractivity contribution in [2.45, 2.75) is 18.0 Å². The fourth-order valence-corrected chi connectivity index (χ4v) is 4.18. The number of rotatable bonds is 8. The number of hydrogen-bond donors (Lipinski definition) is 1. The molecule has 0 atom stereocenters. The van der Waals surface area contributed by atoms with Crippen LogP contribution >= 0.6 is 23.2 Å². The van der Waals surface area contributed by atoms with Crippen LogP contribution in [0.25, 0.3) is 0 Å².